The van der Waals surface area contributed by atoms with Gasteiger partial charge in [-0.25, -0.2) is 4.79 Å². The SMILES string of the molecule is C[C@H]1C(=O)O[C@@H]2CCN3C[C@H]4O[C@@]4(COC(=O)[C@@](C)(O)[C@@]1(C)O)[C@H]23. The second-order valence-electron chi connectivity index (χ2n) is 7.78. The van der Waals surface area contributed by atoms with Gasteiger partial charge in [-0.15, -0.1) is 0 Å². The van der Waals surface area contributed by atoms with Crippen molar-refractivity contribution in [3.63, 3.8) is 0 Å². The molecule has 8 nitrogen and oxygen atoms in total. The van der Waals surface area contributed by atoms with Gasteiger partial charge in [0.1, 0.15) is 30.0 Å². The van der Waals surface area contributed by atoms with E-state index in [-0.39, 0.29) is 24.9 Å². The number of aliphatic hydroxyl groups is 2. The molecule has 0 aromatic carbocycles. The molecule has 4 rings (SSSR count). The zero-order valence-electron chi connectivity index (χ0n) is 14.0. The minimum Gasteiger partial charge on any atom is -0.460 e. The molecule has 0 radical (unpaired) electrons. The molecule has 1 spiro atoms. The van der Waals surface area contributed by atoms with Gasteiger partial charge in [0.15, 0.2) is 5.60 Å². The van der Waals surface area contributed by atoms with Crippen LogP contribution in [0.15, 0.2) is 0 Å². The van der Waals surface area contributed by atoms with Crippen LogP contribution in [0.1, 0.15) is 27.2 Å². The molecule has 0 aromatic rings. The number of hydrogen-bond donors (Lipinski definition) is 2. The third kappa shape index (κ3) is 1.88. The minimum atomic E-state index is -2.25. The molecule has 134 valence electrons. The fraction of sp³-hybridized carbons (Fsp3) is 0.875. The summed E-state index contributed by atoms with van der Waals surface area (Å²) in [6.45, 7) is 5.33. The fourth-order valence-corrected chi connectivity index (χ4v) is 4.31. The topological polar surface area (TPSA) is 109 Å². The van der Waals surface area contributed by atoms with Gasteiger partial charge in [-0.2, -0.15) is 0 Å². The van der Waals surface area contributed by atoms with E-state index in [1.54, 1.807) is 0 Å². The summed E-state index contributed by atoms with van der Waals surface area (Å²) in [6, 6.07) is -0.153. The number of carbonyl (C=O) groups is 2. The zero-order valence-corrected chi connectivity index (χ0v) is 14.0. The largest absolute Gasteiger partial charge is 0.460 e. The Morgan fingerprint density at radius 1 is 1.25 bits per heavy atom. The van der Waals surface area contributed by atoms with Gasteiger partial charge < -0.3 is 24.4 Å². The first kappa shape index (κ1) is 16.3. The molecule has 4 saturated heterocycles. The number of esters is 2. The number of cyclic esters (lactones) is 1. The molecule has 4 fully saturated rings. The molecule has 4 heterocycles. The molecule has 8 heteroatoms. The van der Waals surface area contributed by atoms with Crippen molar-refractivity contribution in [2.45, 2.75) is 62.2 Å². The zero-order chi connectivity index (χ0) is 17.5. The van der Waals surface area contributed by atoms with Crippen molar-refractivity contribution in [3.8, 4) is 0 Å². The third-order valence-electron chi connectivity index (χ3n) is 6.47. The van der Waals surface area contributed by atoms with Crippen LogP contribution in [0, 0.1) is 5.92 Å². The van der Waals surface area contributed by atoms with Crippen LogP contribution in [-0.4, -0.2) is 81.8 Å². The summed E-state index contributed by atoms with van der Waals surface area (Å²) in [5.74, 6) is -2.70. The normalized spacial score (nSPS) is 54.4. The van der Waals surface area contributed by atoms with Crippen molar-refractivity contribution in [3.05, 3.63) is 0 Å². The van der Waals surface area contributed by atoms with Crippen molar-refractivity contribution in [1.29, 1.82) is 0 Å². The van der Waals surface area contributed by atoms with Crippen LogP contribution in [0.25, 0.3) is 0 Å². The smallest absolute Gasteiger partial charge is 0.341 e. The lowest BCUT2D eigenvalue weighted by molar-refractivity contribution is -0.205. The quantitative estimate of drug-likeness (QED) is 0.419. The Balaban J connectivity index is 1.71. The number of epoxide rings is 1. The number of hydrogen-bond acceptors (Lipinski definition) is 8. The number of ether oxygens (including phenoxy) is 3. The summed E-state index contributed by atoms with van der Waals surface area (Å²) in [5.41, 5.74) is -4.95. The molecule has 0 aromatic heterocycles. The van der Waals surface area contributed by atoms with E-state index in [1.165, 1.54) is 13.8 Å². The Kier molecular flexibility index (Phi) is 3.18. The minimum absolute atomic E-state index is 0.0215. The van der Waals surface area contributed by atoms with Gasteiger partial charge in [0.25, 0.3) is 0 Å². The Morgan fingerprint density at radius 3 is 2.67 bits per heavy atom. The molecule has 0 saturated carbocycles. The van der Waals surface area contributed by atoms with E-state index >= 15 is 0 Å². The van der Waals surface area contributed by atoms with Crippen molar-refractivity contribution in [2.75, 3.05) is 19.7 Å². The van der Waals surface area contributed by atoms with Crippen LogP contribution in [0.2, 0.25) is 0 Å². The lowest BCUT2D eigenvalue weighted by atomic mass is 9.76. The van der Waals surface area contributed by atoms with Crippen molar-refractivity contribution < 1.29 is 34.0 Å². The number of rotatable bonds is 0. The van der Waals surface area contributed by atoms with E-state index in [1.807, 2.05) is 0 Å². The molecule has 7 atom stereocenters. The number of carbonyl (C=O) groups excluding carboxylic acids is 2. The van der Waals surface area contributed by atoms with E-state index in [4.69, 9.17) is 14.2 Å². The lowest BCUT2D eigenvalue weighted by Crippen LogP contribution is -2.61. The first-order valence-corrected chi connectivity index (χ1v) is 8.35. The fourth-order valence-electron chi connectivity index (χ4n) is 4.31. The predicted molar refractivity (Wildman–Crippen MR) is 78.8 cm³/mol. The van der Waals surface area contributed by atoms with Crippen LogP contribution in [-0.2, 0) is 23.8 Å². The standard InChI is InChI=1S/C16H23NO7/c1-8-12(18)23-9-4-5-17-6-10-16(24-10,11(9)17)7-22-13(19)15(3,21)14(8,2)20/h8-11,20-21H,4-7H2,1-3H3/t8-,9+,10+,11-,14-,15+,16+/m0/s1. The van der Waals surface area contributed by atoms with Crippen LogP contribution in [0.3, 0.4) is 0 Å². The summed E-state index contributed by atoms with van der Waals surface area (Å²) in [6.07, 6.45) is 0.249. The Bertz CT molecular complexity index is 603. The first-order valence-electron chi connectivity index (χ1n) is 8.35. The first-order chi connectivity index (χ1) is 11.1. The summed E-state index contributed by atoms with van der Waals surface area (Å²) in [4.78, 5) is 27.1. The van der Waals surface area contributed by atoms with Gasteiger partial charge in [0.05, 0.1) is 12.0 Å². The van der Waals surface area contributed by atoms with Gasteiger partial charge in [0, 0.05) is 13.1 Å². The molecule has 2 N–H and O–H groups in total. The van der Waals surface area contributed by atoms with E-state index in [0.717, 1.165) is 20.0 Å². The molecule has 4 aliphatic heterocycles. The average Bonchev–Trinajstić information content (AvgIpc) is 2.90. The molecule has 24 heavy (non-hydrogen) atoms. The lowest BCUT2D eigenvalue weighted by Gasteiger charge is -2.39. The number of nitrogens with zero attached hydrogens (tertiary/aromatic N) is 1. The van der Waals surface area contributed by atoms with Gasteiger partial charge >= 0.3 is 11.9 Å². The molecule has 0 aliphatic carbocycles. The highest BCUT2D eigenvalue weighted by Crippen LogP contribution is 2.53. The van der Waals surface area contributed by atoms with Crippen LogP contribution >= 0.6 is 0 Å². The van der Waals surface area contributed by atoms with Gasteiger partial charge in [-0.1, -0.05) is 0 Å². The Hall–Kier alpha value is -1.22. The molecular weight excluding hydrogens is 318 g/mol. The highest BCUT2D eigenvalue weighted by molar-refractivity contribution is 5.83. The van der Waals surface area contributed by atoms with Crippen molar-refractivity contribution in [2.24, 2.45) is 5.92 Å². The molecule has 0 bridgehead atoms. The van der Waals surface area contributed by atoms with E-state index < -0.39 is 34.7 Å². The average molecular weight is 341 g/mol. The van der Waals surface area contributed by atoms with E-state index in [9.17, 15) is 19.8 Å². The maximum atomic E-state index is 12.5. The Morgan fingerprint density at radius 2 is 1.96 bits per heavy atom. The maximum absolute atomic E-state index is 12.5. The predicted octanol–water partition coefficient (Wildman–Crippen LogP) is -1.18. The maximum Gasteiger partial charge on any atom is 0.341 e. The van der Waals surface area contributed by atoms with E-state index in [0.29, 0.717) is 6.42 Å². The highest BCUT2D eigenvalue weighted by atomic mass is 16.7. The molecule has 4 aliphatic rings. The second-order valence-corrected chi connectivity index (χ2v) is 7.78. The molecule has 0 amide bonds. The van der Waals surface area contributed by atoms with Gasteiger partial charge in [0.2, 0.25) is 0 Å². The van der Waals surface area contributed by atoms with Gasteiger partial charge in [-0.3, -0.25) is 9.69 Å². The van der Waals surface area contributed by atoms with Gasteiger partial charge in [-0.05, 0) is 27.2 Å². The summed E-state index contributed by atoms with van der Waals surface area (Å²) >= 11 is 0. The van der Waals surface area contributed by atoms with Crippen LogP contribution in [0.4, 0.5) is 0 Å². The summed E-state index contributed by atoms with van der Waals surface area (Å²) in [7, 11) is 0. The number of morpholine rings is 1. The second kappa shape index (κ2) is 4.69. The molecular formula is C16H23NO7. The monoisotopic (exact) mass is 341 g/mol. The van der Waals surface area contributed by atoms with Crippen LogP contribution < -0.4 is 0 Å². The van der Waals surface area contributed by atoms with Crippen molar-refractivity contribution >= 4 is 11.9 Å². The summed E-state index contributed by atoms with van der Waals surface area (Å²) < 4.78 is 16.8. The van der Waals surface area contributed by atoms with Crippen LogP contribution in [0.5, 0.6) is 0 Å². The Labute approximate surface area is 139 Å². The van der Waals surface area contributed by atoms with Crippen molar-refractivity contribution in [1.82, 2.24) is 4.90 Å². The summed E-state index contributed by atoms with van der Waals surface area (Å²) in [5, 5.41) is 21.2. The third-order valence-corrected chi connectivity index (χ3v) is 6.47. The molecule has 0 unspecified atom stereocenters. The van der Waals surface area contributed by atoms with E-state index in [2.05, 4.69) is 4.90 Å². The highest BCUT2D eigenvalue weighted by Gasteiger charge is 2.73.